The van der Waals surface area contributed by atoms with Crippen LogP contribution in [0, 0.1) is 0 Å². The van der Waals surface area contributed by atoms with Crippen molar-refractivity contribution in [1.29, 1.82) is 0 Å². The summed E-state index contributed by atoms with van der Waals surface area (Å²) in [5, 5.41) is 3.46. The van der Waals surface area contributed by atoms with Crippen LogP contribution in [-0.2, 0) is 14.3 Å². The van der Waals surface area contributed by atoms with Gasteiger partial charge in [0.2, 0.25) is 5.91 Å². The number of nitrogens with one attached hydrogen (secondary N) is 1. The van der Waals surface area contributed by atoms with E-state index in [1.165, 1.54) is 7.11 Å². The number of ether oxygens (including phenoxy) is 1. The van der Waals surface area contributed by atoms with Gasteiger partial charge in [-0.1, -0.05) is 18.2 Å². The minimum absolute atomic E-state index is 0.0277. The highest BCUT2D eigenvalue weighted by Crippen LogP contribution is 2.16. The molecule has 1 aliphatic rings. The van der Waals surface area contributed by atoms with Crippen LogP contribution in [0.3, 0.4) is 0 Å². The normalized spacial score (nSPS) is 18.1. The van der Waals surface area contributed by atoms with E-state index in [0.717, 1.165) is 25.1 Å². The number of carbonyl (C=O) groups excluding carboxylic acids is 2. The number of rotatable bonds is 5. The Hall–Kier alpha value is -2.04. The summed E-state index contributed by atoms with van der Waals surface area (Å²) >= 11 is 0. The molecule has 1 atom stereocenters. The number of piperidine rings is 1. The van der Waals surface area contributed by atoms with Crippen molar-refractivity contribution in [2.45, 2.75) is 31.7 Å². The smallest absolute Gasteiger partial charge is 0.306 e. The van der Waals surface area contributed by atoms with Gasteiger partial charge in [0, 0.05) is 31.2 Å². The van der Waals surface area contributed by atoms with Crippen LogP contribution in [0.1, 0.15) is 25.7 Å². The first kappa shape index (κ1) is 15.4. The molecule has 1 amide bonds. The third-order valence-corrected chi connectivity index (χ3v) is 3.69. The highest BCUT2D eigenvalue weighted by molar-refractivity contribution is 5.81. The Bertz CT molecular complexity index is 476. The van der Waals surface area contributed by atoms with E-state index >= 15 is 0 Å². The van der Waals surface area contributed by atoms with Gasteiger partial charge in [-0.2, -0.15) is 0 Å². The second kappa shape index (κ2) is 7.67. The van der Waals surface area contributed by atoms with Crippen LogP contribution in [0.25, 0.3) is 0 Å². The first-order valence-electron chi connectivity index (χ1n) is 7.35. The van der Waals surface area contributed by atoms with Crippen molar-refractivity contribution < 1.29 is 14.3 Å². The summed E-state index contributed by atoms with van der Waals surface area (Å²) in [6, 6.07) is 10.3. The van der Waals surface area contributed by atoms with E-state index in [2.05, 4.69) is 10.1 Å². The average molecular weight is 290 g/mol. The second-order valence-electron chi connectivity index (χ2n) is 5.27. The highest BCUT2D eigenvalue weighted by Gasteiger charge is 2.23. The first-order chi connectivity index (χ1) is 10.2. The number of para-hydroxylation sites is 1. The molecule has 1 heterocycles. The minimum Gasteiger partial charge on any atom is -0.469 e. The standard InChI is InChI=1S/C16H22N2O3/c1-21-16(20)10-9-15(19)18-11-5-8-14(12-18)17-13-6-3-2-4-7-13/h2-4,6-7,14,17H,5,8-12H2,1H3. The van der Waals surface area contributed by atoms with Crippen molar-refractivity contribution in [3.05, 3.63) is 30.3 Å². The van der Waals surface area contributed by atoms with Gasteiger partial charge in [-0.3, -0.25) is 9.59 Å². The number of anilines is 1. The van der Waals surface area contributed by atoms with Gasteiger partial charge in [-0.25, -0.2) is 0 Å². The number of amides is 1. The van der Waals surface area contributed by atoms with E-state index in [9.17, 15) is 9.59 Å². The van der Waals surface area contributed by atoms with Crippen molar-refractivity contribution >= 4 is 17.6 Å². The van der Waals surface area contributed by atoms with Crippen molar-refractivity contribution in [3.63, 3.8) is 0 Å². The quantitative estimate of drug-likeness (QED) is 0.843. The molecule has 0 aromatic heterocycles. The van der Waals surface area contributed by atoms with Crippen molar-refractivity contribution in [2.24, 2.45) is 0 Å². The highest BCUT2D eigenvalue weighted by atomic mass is 16.5. The lowest BCUT2D eigenvalue weighted by molar-refractivity contribution is -0.143. The Labute approximate surface area is 125 Å². The van der Waals surface area contributed by atoms with Gasteiger partial charge in [0.05, 0.1) is 13.5 Å². The Morgan fingerprint density at radius 3 is 2.76 bits per heavy atom. The molecule has 2 rings (SSSR count). The maximum absolute atomic E-state index is 12.1. The fourth-order valence-electron chi connectivity index (χ4n) is 2.56. The molecule has 1 aliphatic heterocycles. The van der Waals surface area contributed by atoms with Gasteiger partial charge in [0.25, 0.3) is 0 Å². The fraction of sp³-hybridized carbons (Fsp3) is 0.500. The molecule has 1 aromatic carbocycles. The van der Waals surface area contributed by atoms with E-state index < -0.39 is 0 Å². The van der Waals surface area contributed by atoms with Gasteiger partial charge >= 0.3 is 5.97 Å². The molecule has 1 unspecified atom stereocenters. The summed E-state index contributed by atoms with van der Waals surface area (Å²) in [6.07, 6.45) is 2.41. The molecular weight excluding hydrogens is 268 g/mol. The van der Waals surface area contributed by atoms with Crippen LogP contribution in [0.15, 0.2) is 30.3 Å². The summed E-state index contributed by atoms with van der Waals surface area (Å²) in [4.78, 5) is 25.0. The molecule has 0 spiro atoms. The van der Waals surface area contributed by atoms with Crippen LogP contribution in [0.2, 0.25) is 0 Å². The molecule has 5 heteroatoms. The molecule has 1 N–H and O–H groups in total. The summed E-state index contributed by atoms with van der Waals surface area (Å²) in [6.45, 7) is 1.46. The summed E-state index contributed by atoms with van der Waals surface area (Å²) in [7, 11) is 1.34. The molecule has 0 radical (unpaired) electrons. The number of carbonyl (C=O) groups is 2. The Morgan fingerprint density at radius 2 is 2.05 bits per heavy atom. The van der Waals surface area contributed by atoms with Crippen LogP contribution in [-0.4, -0.2) is 43.0 Å². The molecule has 21 heavy (non-hydrogen) atoms. The zero-order valence-corrected chi connectivity index (χ0v) is 12.4. The molecule has 1 aromatic rings. The minimum atomic E-state index is -0.334. The molecule has 0 bridgehead atoms. The van der Waals surface area contributed by atoms with Gasteiger partial charge in [0.15, 0.2) is 0 Å². The Morgan fingerprint density at radius 1 is 1.29 bits per heavy atom. The lowest BCUT2D eigenvalue weighted by Crippen LogP contribution is -2.45. The number of methoxy groups -OCH3 is 1. The second-order valence-corrected chi connectivity index (χ2v) is 5.27. The van der Waals surface area contributed by atoms with E-state index in [0.29, 0.717) is 6.54 Å². The SMILES string of the molecule is COC(=O)CCC(=O)N1CCCC(Nc2ccccc2)C1. The Kier molecular flexibility index (Phi) is 5.60. The van der Waals surface area contributed by atoms with E-state index in [-0.39, 0.29) is 30.8 Å². The van der Waals surface area contributed by atoms with Crippen LogP contribution < -0.4 is 5.32 Å². The molecule has 5 nitrogen and oxygen atoms in total. The van der Waals surface area contributed by atoms with Gasteiger partial charge < -0.3 is 15.0 Å². The van der Waals surface area contributed by atoms with Crippen LogP contribution in [0.4, 0.5) is 5.69 Å². The lowest BCUT2D eigenvalue weighted by Gasteiger charge is -2.33. The third kappa shape index (κ3) is 4.77. The zero-order chi connectivity index (χ0) is 15.1. The van der Waals surface area contributed by atoms with E-state index in [1.807, 2.05) is 35.2 Å². The van der Waals surface area contributed by atoms with Gasteiger partial charge in [-0.15, -0.1) is 0 Å². The number of likely N-dealkylation sites (tertiary alicyclic amines) is 1. The van der Waals surface area contributed by atoms with Gasteiger partial charge in [0.1, 0.15) is 0 Å². The molecule has 114 valence electrons. The Balaban J connectivity index is 1.82. The third-order valence-electron chi connectivity index (χ3n) is 3.69. The van der Waals surface area contributed by atoms with E-state index in [1.54, 1.807) is 0 Å². The molecule has 0 aliphatic carbocycles. The molecular formula is C16H22N2O3. The first-order valence-corrected chi connectivity index (χ1v) is 7.35. The van der Waals surface area contributed by atoms with Crippen molar-refractivity contribution in [2.75, 3.05) is 25.5 Å². The molecule has 1 saturated heterocycles. The van der Waals surface area contributed by atoms with Crippen molar-refractivity contribution in [1.82, 2.24) is 4.90 Å². The topological polar surface area (TPSA) is 58.6 Å². The number of nitrogens with zero attached hydrogens (tertiary/aromatic N) is 1. The maximum atomic E-state index is 12.1. The maximum Gasteiger partial charge on any atom is 0.306 e. The van der Waals surface area contributed by atoms with Crippen LogP contribution >= 0.6 is 0 Å². The number of hydrogen-bond acceptors (Lipinski definition) is 4. The van der Waals surface area contributed by atoms with Crippen LogP contribution in [0.5, 0.6) is 0 Å². The lowest BCUT2D eigenvalue weighted by atomic mass is 10.0. The molecule has 1 fully saturated rings. The number of hydrogen-bond donors (Lipinski definition) is 1. The van der Waals surface area contributed by atoms with E-state index in [4.69, 9.17) is 0 Å². The fourth-order valence-corrected chi connectivity index (χ4v) is 2.56. The molecule has 0 saturated carbocycles. The van der Waals surface area contributed by atoms with Gasteiger partial charge in [-0.05, 0) is 25.0 Å². The summed E-state index contributed by atoms with van der Waals surface area (Å²) in [5.74, 6) is -0.306. The number of esters is 1. The number of benzene rings is 1. The largest absolute Gasteiger partial charge is 0.469 e. The predicted octanol–water partition coefficient (Wildman–Crippen LogP) is 2.04. The van der Waals surface area contributed by atoms with Crippen molar-refractivity contribution in [3.8, 4) is 0 Å². The summed E-state index contributed by atoms with van der Waals surface area (Å²) < 4.78 is 4.57. The monoisotopic (exact) mass is 290 g/mol. The predicted molar refractivity (Wildman–Crippen MR) is 80.9 cm³/mol. The summed E-state index contributed by atoms with van der Waals surface area (Å²) in [5.41, 5.74) is 1.08. The average Bonchev–Trinajstić information content (AvgIpc) is 2.53. The zero-order valence-electron chi connectivity index (χ0n) is 12.4.